The first kappa shape index (κ1) is 24.2. The molecule has 6 rings (SSSR count). The number of ether oxygens (including phenoxy) is 1. The van der Waals surface area contributed by atoms with Gasteiger partial charge in [0.05, 0.1) is 10.9 Å². The van der Waals surface area contributed by atoms with Gasteiger partial charge in [-0.3, -0.25) is 4.98 Å². The van der Waals surface area contributed by atoms with E-state index in [0.717, 1.165) is 18.9 Å². The summed E-state index contributed by atoms with van der Waals surface area (Å²) in [6.07, 6.45) is 10.0. The number of nitrogens with zero attached hydrogens (tertiary/aromatic N) is 4. The monoisotopic (exact) mass is 521 g/mol. The summed E-state index contributed by atoms with van der Waals surface area (Å²) >= 11 is 0. The second-order valence-corrected chi connectivity index (χ2v) is 9.64. The van der Waals surface area contributed by atoms with Crippen LogP contribution < -0.4 is 15.4 Å². The second-order valence-electron chi connectivity index (χ2n) is 9.64. The Morgan fingerprint density at radius 3 is 2.50 bits per heavy atom. The molecule has 2 aromatic carbocycles. The molecule has 2 aliphatic rings. The van der Waals surface area contributed by atoms with Crippen molar-refractivity contribution in [1.82, 2.24) is 15.0 Å². The number of hydrogen-bond acceptors (Lipinski definition) is 8. The van der Waals surface area contributed by atoms with Crippen molar-refractivity contribution in [3.63, 3.8) is 0 Å². The molecule has 2 unspecified atom stereocenters. The highest BCUT2D eigenvalue weighted by molar-refractivity contribution is 6.03. The average molecular weight is 521 g/mol. The topological polar surface area (TPSA) is 118 Å². The van der Waals surface area contributed by atoms with Gasteiger partial charge >= 0.3 is 12.5 Å². The summed E-state index contributed by atoms with van der Waals surface area (Å²) in [6, 6.07) is 3.27. The number of anilines is 2. The van der Waals surface area contributed by atoms with E-state index in [0.29, 0.717) is 30.7 Å². The molecule has 1 saturated carbocycles. The van der Waals surface area contributed by atoms with E-state index < -0.39 is 35.5 Å². The quantitative estimate of drug-likeness (QED) is 0.211. The van der Waals surface area contributed by atoms with E-state index in [-0.39, 0.29) is 38.6 Å². The third-order valence-corrected chi connectivity index (χ3v) is 7.31. The zero-order valence-corrected chi connectivity index (χ0v) is 20.0. The number of hydrogen-bond donors (Lipinski definition) is 3. The molecule has 1 saturated heterocycles. The molecular formula is C27H22F3N5O3. The molecule has 0 amide bonds. The van der Waals surface area contributed by atoms with E-state index in [1.807, 2.05) is 4.90 Å². The van der Waals surface area contributed by atoms with E-state index in [1.165, 1.54) is 24.8 Å². The maximum Gasteiger partial charge on any atom is 0.323 e. The molecule has 11 heteroatoms. The third-order valence-electron chi connectivity index (χ3n) is 7.31. The standard InChI is InChI=1S/C27H22F3N5O3/c1-2-16-20-14(9-19(28)21(16)29)8-15(31)10-17(20)23-22(30)24-18(11-32-23)25(34-26(33-24)38-27(36)37)35-5-3-12-7-13(12)4-6-35/h1,8-13,27,36-37H,3-7,31H2. The normalized spacial score (nSPS) is 18.9. The smallest absolute Gasteiger partial charge is 0.323 e. The Hall–Kier alpha value is -4.14. The molecular weight excluding hydrogens is 499 g/mol. The minimum Gasteiger partial charge on any atom is -0.408 e. The van der Waals surface area contributed by atoms with Crippen LogP contribution in [0.15, 0.2) is 24.4 Å². The molecule has 2 aromatic heterocycles. The fourth-order valence-electron chi connectivity index (χ4n) is 5.41. The minimum absolute atomic E-state index is 0.0472. The summed E-state index contributed by atoms with van der Waals surface area (Å²) in [6.45, 7) is -0.877. The Bertz CT molecular complexity index is 1640. The SMILES string of the molecule is C#Cc1c(F)c(F)cc2cc(N)cc(-c3ncc4c(N5CCC6CC6CC5)nc(OC(O)O)nc4c3F)c12. The first-order valence-corrected chi connectivity index (χ1v) is 12.1. The van der Waals surface area contributed by atoms with E-state index in [9.17, 15) is 19.0 Å². The molecule has 1 aliphatic carbocycles. The number of aliphatic hydroxyl groups is 2. The summed E-state index contributed by atoms with van der Waals surface area (Å²) in [5.41, 5.74) is 5.36. The van der Waals surface area contributed by atoms with Crippen molar-refractivity contribution >= 4 is 33.2 Å². The highest BCUT2D eigenvalue weighted by Gasteiger charge is 2.39. The molecule has 3 heterocycles. The zero-order chi connectivity index (χ0) is 26.7. The van der Waals surface area contributed by atoms with Crippen LogP contribution in [0.4, 0.5) is 24.7 Å². The van der Waals surface area contributed by atoms with Crippen LogP contribution in [-0.2, 0) is 0 Å². The molecule has 2 fully saturated rings. The van der Waals surface area contributed by atoms with Crippen LogP contribution in [-0.4, -0.2) is 44.7 Å². The van der Waals surface area contributed by atoms with Crippen LogP contribution in [0.1, 0.15) is 24.8 Å². The van der Waals surface area contributed by atoms with Crippen LogP contribution in [0.3, 0.4) is 0 Å². The van der Waals surface area contributed by atoms with Gasteiger partial charge in [-0.05, 0) is 54.7 Å². The van der Waals surface area contributed by atoms with Crippen LogP contribution >= 0.6 is 0 Å². The van der Waals surface area contributed by atoms with Gasteiger partial charge in [0.25, 0.3) is 0 Å². The molecule has 194 valence electrons. The summed E-state index contributed by atoms with van der Waals surface area (Å²) in [5.74, 6) is 0.498. The minimum atomic E-state index is -2.23. The maximum absolute atomic E-state index is 16.2. The van der Waals surface area contributed by atoms with Gasteiger partial charge in [-0.2, -0.15) is 9.97 Å². The van der Waals surface area contributed by atoms with Gasteiger partial charge in [-0.25, -0.2) is 13.2 Å². The third kappa shape index (κ3) is 4.02. The predicted molar refractivity (Wildman–Crippen MR) is 134 cm³/mol. The fraction of sp³-hybridized carbons (Fsp3) is 0.296. The average Bonchev–Trinajstić information content (AvgIpc) is 3.64. The predicted octanol–water partition coefficient (Wildman–Crippen LogP) is 3.71. The molecule has 0 radical (unpaired) electrons. The Morgan fingerprint density at radius 1 is 1.08 bits per heavy atom. The second kappa shape index (κ2) is 9.01. The van der Waals surface area contributed by atoms with Crippen molar-refractivity contribution in [2.75, 3.05) is 23.7 Å². The molecule has 0 spiro atoms. The van der Waals surface area contributed by atoms with Crippen molar-refractivity contribution in [3.8, 4) is 29.6 Å². The lowest BCUT2D eigenvalue weighted by molar-refractivity contribution is -0.183. The Morgan fingerprint density at radius 2 is 1.82 bits per heavy atom. The van der Waals surface area contributed by atoms with Crippen molar-refractivity contribution < 1.29 is 28.1 Å². The van der Waals surface area contributed by atoms with Gasteiger partial charge < -0.3 is 25.6 Å². The van der Waals surface area contributed by atoms with E-state index in [1.54, 1.807) is 0 Å². The van der Waals surface area contributed by atoms with Crippen LogP contribution in [0.2, 0.25) is 0 Å². The summed E-state index contributed by atoms with van der Waals surface area (Å²) < 4.78 is 50.0. The van der Waals surface area contributed by atoms with Gasteiger partial charge in [-0.15, -0.1) is 6.42 Å². The van der Waals surface area contributed by atoms with Gasteiger partial charge in [-0.1, -0.05) is 5.92 Å². The van der Waals surface area contributed by atoms with Crippen molar-refractivity contribution in [1.29, 1.82) is 0 Å². The Labute approximate surface area is 214 Å². The van der Waals surface area contributed by atoms with Gasteiger partial charge in [0.2, 0.25) is 0 Å². The summed E-state index contributed by atoms with van der Waals surface area (Å²) in [5, 5.41) is 19.2. The van der Waals surface area contributed by atoms with Crippen LogP contribution in [0, 0.1) is 41.6 Å². The molecule has 8 nitrogen and oxygen atoms in total. The van der Waals surface area contributed by atoms with Gasteiger partial charge in [0.15, 0.2) is 17.5 Å². The first-order valence-electron chi connectivity index (χ1n) is 12.1. The molecule has 1 aliphatic heterocycles. The number of aromatic nitrogens is 3. The number of fused-ring (bicyclic) bond motifs is 3. The molecule has 4 aromatic rings. The number of nitrogens with two attached hydrogens (primary N) is 1. The largest absolute Gasteiger partial charge is 0.408 e. The summed E-state index contributed by atoms with van der Waals surface area (Å²) in [4.78, 5) is 14.7. The maximum atomic E-state index is 16.2. The molecule has 38 heavy (non-hydrogen) atoms. The number of aliphatic hydroxyl groups excluding tert-OH is 1. The number of halogens is 3. The number of pyridine rings is 1. The van der Waals surface area contributed by atoms with Crippen molar-refractivity contribution in [2.45, 2.75) is 25.7 Å². The highest BCUT2D eigenvalue weighted by atomic mass is 19.2. The van der Waals surface area contributed by atoms with E-state index >= 15 is 4.39 Å². The molecule has 0 bridgehead atoms. The van der Waals surface area contributed by atoms with Crippen molar-refractivity contribution in [2.24, 2.45) is 11.8 Å². The van der Waals surface area contributed by atoms with Gasteiger partial charge in [0, 0.05) is 35.9 Å². The highest BCUT2D eigenvalue weighted by Crippen LogP contribution is 2.46. The number of terminal acetylenes is 1. The van der Waals surface area contributed by atoms with Crippen molar-refractivity contribution in [3.05, 3.63) is 47.4 Å². The molecule has 4 N–H and O–H groups in total. The number of benzene rings is 2. The van der Waals surface area contributed by atoms with Gasteiger partial charge in [0.1, 0.15) is 17.0 Å². The van der Waals surface area contributed by atoms with Crippen LogP contribution in [0.25, 0.3) is 32.9 Å². The van der Waals surface area contributed by atoms with E-state index in [4.69, 9.17) is 16.9 Å². The fourth-order valence-corrected chi connectivity index (χ4v) is 5.41. The first-order chi connectivity index (χ1) is 18.2. The van der Waals surface area contributed by atoms with E-state index in [2.05, 4.69) is 20.9 Å². The Kier molecular flexibility index (Phi) is 5.74. The summed E-state index contributed by atoms with van der Waals surface area (Å²) in [7, 11) is 0. The molecule has 2 atom stereocenters. The number of rotatable bonds is 4. The Balaban J connectivity index is 1.59. The number of nitrogen functional groups attached to an aromatic ring is 1. The lowest BCUT2D eigenvalue weighted by Crippen LogP contribution is -2.27. The zero-order valence-electron chi connectivity index (χ0n) is 20.0. The lowest BCUT2D eigenvalue weighted by Gasteiger charge is -2.24. The lowest BCUT2D eigenvalue weighted by atomic mass is 9.95. The van der Waals surface area contributed by atoms with Crippen LogP contribution in [0.5, 0.6) is 6.01 Å².